The topological polar surface area (TPSA) is 135 Å². The van der Waals surface area contributed by atoms with E-state index in [9.17, 15) is 22.9 Å². The first-order valence-corrected chi connectivity index (χ1v) is 11.2. The third-order valence-corrected chi connectivity index (χ3v) is 6.46. The Morgan fingerprint density at radius 3 is 2.42 bits per heavy atom. The maximum atomic E-state index is 11.4. The molecule has 0 saturated carbocycles. The van der Waals surface area contributed by atoms with E-state index in [1.165, 1.54) is 52.9 Å². The minimum atomic E-state index is -4.33. The molecule has 3 aromatic rings. The number of amidine groups is 1. The van der Waals surface area contributed by atoms with E-state index in [1.807, 2.05) is 13.8 Å². The van der Waals surface area contributed by atoms with E-state index in [2.05, 4.69) is 15.5 Å². The summed E-state index contributed by atoms with van der Waals surface area (Å²) in [5.74, 6) is -0.673. The van der Waals surface area contributed by atoms with Crippen molar-refractivity contribution in [1.82, 2.24) is 10.4 Å². The first-order valence-electron chi connectivity index (χ1n) is 8.94. The van der Waals surface area contributed by atoms with Gasteiger partial charge in [-0.15, -0.1) is 15.3 Å². The molecule has 0 fully saturated rings. The van der Waals surface area contributed by atoms with Crippen molar-refractivity contribution in [2.75, 3.05) is 10.2 Å². The molecule has 0 saturated heterocycles. The molecular formula is C19H17N5O5S2. The summed E-state index contributed by atoms with van der Waals surface area (Å²) in [5, 5.41) is 17.5. The van der Waals surface area contributed by atoms with Gasteiger partial charge in [0.1, 0.15) is 0 Å². The lowest BCUT2D eigenvalue weighted by molar-refractivity contribution is 0.0697. The number of hydrazine groups is 2. The Kier molecular flexibility index (Phi) is 5.13. The van der Waals surface area contributed by atoms with Crippen molar-refractivity contribution >= 4 is 44.1 Å². The van der Waals surface area contributed by atoms with Crippen LogP contribution in [0.15, 0.2) is 58.5 Å². The number of nitrogens with zero attached hydrogens (tertiary/aromatic N) is 4. The second-order valence-electron chi connectivity index (χ2n) is 6.65. The van der Waals surface area contributed by atoms with Crippen LogP contribution in [0.25, 0.3) is 0 Å². The van der Waals surface area contributed by atoms with Gasteiger partial charge in [-0.25, -0.2) is 9.78 Å². The number of hydrogen-bond acceptors (Lipinski definition) is 9. The van der Waals surface area contributed by atoms with E-state index >= 15 is 0 Å². The van der Waals surface area contributed by atoms with E-state index in [0.29, 0.717) is 22.2 Å². The number of thiazole rings is 1. The Morgan fingerprint density at radius 1 is 1.13 bits per heavy atom. The maximum Gasteiger partial charge on any atom is 0.335 e. The van der Waals surface area contributed by atoms with Gasteiger partial charge >= 0.3 is 5.97 Å². The van der Waals surface area contributed by atoms with E-state index in [-0.39, 0.29) is 10.5 Å². The number of rotatable bonds is 5. The smallest absolute Gasteiger partial charge is 0.335 e. The number of carboxylic acid groups (broad SMARTS) is 1. The van der Waals surface area contributed by atoms with Gasteiger partial charge in [-0.2, -0.15) is 8.42 Å². The van der Waals surface area contributed by atoms with Crippen LogP contribution >= 0.6 is 11.3 Å². The molecule has 1 aromatic heterocycles. The molecule has 0 bridgehead atoms. The summed E-state index contributed by atoms with van der Waals surface area (Å²) in [5.41, 5.74) is 5.13. The van der Waals surface area contributed by atoms with E-state index in [4.69, 9.17) is 0 Å². The van der Waals surface area contributed by atoms with Crippen molar-refractivity contribution in [3.8, 4) is 0 Å². The maximum absolute atomic E-state index is 11.4. The zero-order chi connectivity index (χ0) is 22.3. The first kappa shape index (κ1) is 20.8. The Morgan fingerprint density at radius 2 is 1.84 bits per heavy atom. The molecule has 2 heterocycles. The molecule has 0 atom stereocenters. The Balaban J connectivity index is 1.77. The van der Waals surface area contributed by atoms with Crippen molar-refractivity contribution in [3.63, 3.8) is 0 Å². The van der Waals surface area contributed by atoms with Crippen LogP contribution < -0.4 is 15.7 Å². The summed E-state index contributed by atoms with van der Waals surface area (Å²) < 4.78 is 31.9. The number of hydrazone groups is 1. The highest BCUT2D eigenvalue weighted by Gasteiger charge is 2.29. The van der Waals surface area contributed by atoms with Crippen molar-refractivity contribution < 1.29 is 22.9 Å². The van der Waals surface area contributed by atoms with E-state index in [0.717, 1.165) is 10.6 Å². The summed E-state index contributed by atoms with van der Waals surface area (Å²) >= 11 is 1.43. The molecule has 3 N–H and O–H groups in total. The van der Waals surface area contributed by atoms with Crippen molar-refractivity contribution in [2.45, 2.75) is 18.7 Å². The van der Waals surface area contributed by atoms with Crippen LogP contribution in [0, 0.1) is 13.8 Å². The molecule has 10 nitrogen and oxygen atoms in total. The van der Waals surface area contributed by atoms with E-state index < -0.39 is 16.1 Å². The van der Waals surface area contributed by atoms with Crippen LogP contribution in [0.2, 0.25) is 0 Å². The molecule has 0 unspecified atom stereocenters. The summed E-state index contributed by atoms with van der Waals surface area (Å²) in [6.45, 7) is 3.82. The normalized spacial score (nSPS) is 13.8. The van der Waals surface area contributed by atoms with E-state index in [1.54, 1.807) is 17.3 Å². The van der Waals surface area contributed by atoms with Gasteiger partial charge in [0.15, 0.2) is 5.84 Å². The molecule has 4 rings (SSSR count). The number of benzene rings is 2. The quantitative estimate of drug-likeness (QED) is 0.492. The number of carboxylic acids is 1. The number of nitrogens with one attached hydrogen (secondary N) is 1. The van der Waals surface area contributed by atoms with Gasteiger partial charge in [0, 0.05) is 10.4 Å². The highest BCUT2D eigenvalue weighted by atomic mass is 32.2. The summed E-state index contributed by atoms with van der Waals surface area (Å²) in [6.07, 6.45) is 0. The average Bonchev–Trinajstić information content (AvgIpc) is 3.31. The van der Waals surface area contributed by atoms with Gasteiger partial charge in [0.05, 0.1) is 21.8 Å². The zero-order valence-electron chi connectivity index (χ0n) is 16.3. The van der Waals surface area contributed by atoms with Crippen LogP contribution in [-0.2, 0) is 10.1 Å². The molecule has 0 amide bonds. The van der Waals surface area contributed by atoms with Gasteiger partial charge < -0.3 is 5.11 Å². The SMILES string of the molecule is Cc1nc(N2NC(c3cccc(C(=O)O)c3)=NN2c2ccc(S(=O)(=O)O)cc2)sc1C. The Labute approximate surface area is 181 Å². The Bertz CT molecular complexity index is 1280. The third kappa shape index (κ3) is 4.08. The molecular weight excluding hydrogens is 442 g/mol. The highest BCUT2D eigenvalue weighted by Crippen LogP contribution is 2.31. The predicted octanol–water partition coefficient (Wildman–Crippen LogP) is 2.81. The summed E-state index contributed by atoms with van der Waals surface area (Å²) in [4.78, 5) is 16.6. The second kappa shape index (κ2) is 7.65. The molecule has 12 heteroatoms. The zero-order valence-corrected chi connectivity index (χ0v) is 18.0. The van der Waals surface area contributed by atoms with Gasteiger partial charge in [-0.05, 0) is 50.2 Å². The molecule has 0 spiro atoms. The van der Waals surface area contributed by atoms with Crippen LogP contribution in [0.3, 0.4) is 0 Å². The summed E-state index contributed by atoms with van der Waals surface area (Å²) in [7, 11) is -4.33. The second-order valence-corrected chi connectivity index (χ2v) is 9.26. The third-order valence-electron chi connectivity index (χ3n) is 4.54. The lowest BCUT2D eigenvalue weighted by Crippen LogP contribution is -2.44. The number of aromatic nitrogens is 1. The monoisotopic (exact) mass is 459 g/mol. The standard InChI is InChI=1S/C19H17N5O5S2/c1-11-12(2)30-19(20-11)24-22-17(13-4-3-5-14(10-13)18(25)26)21-23(24)15-6-8-16(9-7-15)31(27,28)29/h3-10H,1-2H3,(H,21,22)(H,25,26)(H,27,28,29). The molecule has 31 heavy (non-hydrogen) atoms. The molecule has 0 aliphatic carbocycles. The van der Waals surface area contributed by atoms with Crippen molar-refractivity contribution in [3.05, 3.63) is 70.2 Å². The van der Waals surface area contributed by atoms with Gasteiger partial charge in [0.25, 0.3) is 10.1 Å². The fourth-order valence-electron chi connectivity index (χ4n) is 2.83. The lowest BCUT2D eigenvalue weighted by atomic mass is 10.1. The minimum absolute atomic E-state index is 0.116. The number of anilines is 2. The molecule has 2 aromatic carbocycles. The highest BCUT2D eigenvalue weighted by molar-refractivity contribution is 7.85. The largest absolute Gasteiger partial charge is 0.478 e. The molecule has 160 valence electrons. The van der Waals surface area contributed by atoms with Crippen molar-refractivity contribution in [1.29, 1.82) is 0 Å². The van der Waals surface area contributed by atoms with Crippen LogP contribution in [0.5, 0.6) is 0 Å². The van der Waals surface area contributed by atoms with Crippen LogP contribution in [-0.4, -0.2) is 34.9 Å². The van der Waals surface area contributed by atoms with Crippen molar-refractivity contribution in [2.24, 2.45) is 5.10 Å². The number of aryl methyl sites for hydroxylation is 2. The average molecular weight is 460 g/mol. The predicted molar refractivity (Wildman–Crippen MR) is 116 cm³/mol. The van der Waals surface area contributed by atoms with Gasteiger partial charge in [-0.3, -0.25) is 9.98 Å². The number of hydrogen-bond donors (Lipinski definition) is 3. The van der Waals surface area contributed by atoms with Crippen LogP contribution in [0.4, 0.5) is 10.8 Å². The summed E-state index contributed by atoms with van der Waals surface area (Å²) in [6, 6.07) is 11.8. The number of aromatic carboxylic acids is 1. The number of carbonyl (C=O) groups is 1. The van der Waals surface area contributed by atoms with Gasteiger partial charge in [-0.1, -0.05) is 23.5 Å². The molecule has 0 radical (unpaired) electrons. The molecule has 1 aliphatic heterocycles. The molecule has 1 aliphatic rings. The fraction of sp³-hybridized carbons (Fsp3) is 0.105. The Hall–Kier alpha value is -3.48. The van der Waals surface area contributed by atoms with Crippen LogP contribution in [0.1, 0.15) is 26.5 Å². The fourth-order valence-corrected chi connectivity index (χ4v) is 4.17. The lowest BCUT2D eigenvalue weighted by Gasteiger charge is -2.25. The first-order chi connectivity index (χ1) is 14.6. The van der Waals surface area contributed by atoms with Gasteiger partial charge in [0.2, 0.25) is 5.13 Å². The minimum Gasteiger partial charge on any atom is -0.478 e.